The zero-order valence-electron chi connectivity index (χ0n) is 11.4. The highest BCUT2D eigenvalue weighted by Crippen LogP contribution is 2.31. The Bertz CT molecular complexity index is 279. The van der Waals surface area contributed by atoms with Crippen molar-refractivity contribution in [2.75, 3.05) is 0 Å². The Labute approximate surface area is 105 Å². The molecule has 1 amide bonds. The van der Waals surface area contributed by atoms with Gasteiger partial charge in [-0.05, 0) is 31.6 Å². The van der Waals surface area contributed by atoms with Crippen molar-refractivity contribution in [3.8, 4) is 0 Å². The standard InChI is InChI=1S/C14H26N2O/c1-4-12-14(17)16(13(5-2)15-12)11-8-6-7-10(3)9-11/h10-13,15H,4-9H2,1-3H3. The minimum Gasteiger partial charge on any atom is -0.323 e. The molecule has 2 rings (SSSR count). The van der Waals surface area contributed by atoms with Gasteiger partial charge in [0.15, 0.2) is 0 Å². The lowest BCUT2D eigenvalue weighted by atomic mass is 9.86. The summed E-state index contributed by atoms with van der Waals surface area (Å²) in [6.45, 7) is 6.58. The third-order valence-electron chi connectivity index (χ3n) is 4.38. The Balaban J connectivity index is 2.09. The smallest absolute Gasteiger partial charge is 0.241 e. The van der Waals surface area contributed by atoms with Gasteiger partial charge in [-0.2, -0.15) is 0 Å². The first-order chi connectivity index (χ1) is 8.17. The van der Waals surface area contributed by atoms with E-state index in [0.29, 0.717) is 11.9 Å². The van der Waals surface area contributed by atoms with E-state index in [1.54, 1.807) is 0 Å². The van der Waals surface area contributed by atoms with Crippen LogP contribution in [0, 0.1) is 5.92 Å². The molecule has 1 heterocycles. The Morgan fingerprint density at radius 1 is 1.29 bits per heavy atom. The molecule has 1 N–H and O–H groups in total. The summed E-state index contributed by atoms with van der Waals surface area (Å²) in [5.74, 6) is 1.12. The SMILES string of the molecule is CCC1NC(CC)N(C2CCCC(C)C2)C1=O. The van der Waals surface area contributed by atoms with Gasteiger partial charge < -0.3 is 4.90 Å². The molecule has 0 radical (unpaired) electrons. The van der Waals surface area contributed by atoms with Gasteiger partial charge in [0.05, 0.1) is 12.2 Å². The summed E-state index contributed by atoms with van der Waals surface area (Å²) in [5.41, 5.74) is 0. The van der Waals surface area contributed by atoms with Crippen LogP contribution in [0.4, 0.5) is 0 Å². The van der Waals surface area contributed by atoms with Crippen LogP contribution in [-0.4, -0.2) is 29.1 Å². The largest absolute Gasteiger partial charge is 0.323 e. The number of carbonyl (C=O) groups excluding carboxylic acids is 1. The van der Waals surface area contributed by atoms with Crippen molar-refractivity contribution in [1.82, 2.24) is 10.2 Å². The number of carbonyl (C=O) groups is 1. The molecule has 17 heavy (non-hydrogen) atoms. The maximum atomic E-state index is 12.4. The molecule has 0 aromatic rings. The van der Waals surface area contributed by atoms with E-state index in [9.17, 15) is 4.79 Å². The molecule has 0 aromatic heterocycles. The van der Waals surface area contributed by atoms with Gasteiger partial charge in [0.2, 0.25) is 5.91 Å². The predicted molar refractivity (Wildman–Crippen MR) is 69.6 cm³/mol. The molecule has 4 unspecified atom stereocenters. The lowest BCUT2D eigenvalue weighted by Gasteiger charge is -2.37. The van der Waals surface area contributed by atoms with E-state index < -0.39 is 0 Å². The van der Waals surface area contributed by atoms with Crippen LogP contribution in [0.2, 0.25) is 0 Å². The molecule has 3 heteroatoms. The van der Waals surface area contributed by atoms with Crippen LogP contribution in [0.1, 0.15) is 59.3 Å². The van der Waals surface area contributed by atoms with Crippen LogP contribution in [0.25, 0.3) is 0 Å². The Hall–Kier alpha value is -0.570. The van der Waals surface area contributed by atoms with Crippen molar-refractivity contribution >= 4 is 5.91 Å². The fourth-order valence-corrected chi connectivity index (χ4v) is 3.41. The average Bonchev–Trinajstić information content (AvgIpc) is 2.65. The van der Waals surface area contributed by atoms with Gasteiger partial charge in [-0.1, -0.05) is 33.6 Å². The van der Waals surface area contributed by atoms with E-state index in [4.69, 9.17) is 0 Å². The van der Waals surface area contributed by atoms with Crippen LogP contribution in [0.3, 0.4) is 0 Å². The predicted octanol–water partition coefficient (Wildman–Crippen LogP) is 2.51. The first-order valence-electron chi connectivity index (χ1n) is 7.25. The van der Waals surface area contributed by atoms with E-state index in [1.165, 1.54) is 25.7 Å². The molecule has 0 bridgehead atoms. The van der Waals surface area contributed by atoms with E-state index in [2.05, 4.69) is 31.0 Å². The summed E-state index contributed by atoms with van der Waals surface area (Å²) in [6, 6.07) is 0.553. The zero-order valence-corrected chi connectivity index (χ0v) is 11.4. The molecule has 98 valence electrons. The van der Waals surface area contributed by atoms with E-state index in [1.807, 2.05) is 0 Å². The number of hydrogen-bond donors (Lipinski definition) is 1. The third kappa shape index (κ3) is 2.49. The van der Waals surface area contributed by atoms with Crippen molar-refractivity contribution in [2.24, 2.45) is 5.92 Å². The highest BCUT2D eigenvalue weighted by molar-refractivity contribution is 5.84. The van der Waals surface area contributed by atoms with Crippen LogP contribution in [0.15, 0.2) is 0 Å². The average molecular weight is 238 g/mol. The van der Waals surface area contributed by atoms with E-state index in [-0.39, 0.29) is 12.2 Å². The fraction of sp³-hybridized carbons (Fsp3) is 0.929. The maximum absolute atomic E-state index is 12.4. The molecular weight excluding hydrogens is 212 g/mol. The van der Waals surface area contributed by atoms with Crippen LogP contribution in [0.5, 0.6) is 0 Å². The summed E-state index contributed by atoms with van der Waals surface area (Å²) in [6.07, 6.45) is 7.22. The quantitative estimate of drug-likeness (QED) is 0.819. The summed E-state index contributed by atoms with van der Waals surface area (Å²) in [4.78, 5) is 14.5. The second-order valence-electron chi connectivity index (χ2n) is 5.72. The summed E-state index contributed by atoms with van der Waals surface area (Å²) < 4.78 is 0. The normalized spacial score (nSPS) is 38.8. The number of nitrogens with one attached hydrogen (secondary N) is 1. The van der Waals surface area contributed by atoms with Crippen molar-refractivity contribution in [3.05, 3.63) is 0 Å². The second kappa shape index (κ2) is 5.38. The minimum absolute atomic E-state index is 0.0668. The van der Waals surface area contributed by atoms with Crippen molar-refractivity contribution in [2.45, 2.75) is 77.5 Å². The fourth-order valence-electron chi connectivity index (χ4n) is 3.41. The number of rotatable bonds is 3. The maximum Gasteiger partial charge on any atom is 0.241 e. The third-order valence-corrected chi connectivity index (χ3v) is 4.38. The summed E-state index contributed by atoms with van der Waals surface area (Å²) in [7, 11) is 0. The molecule has 0 aromatic carbocycles. The van der Waals surface area contributed by atoms with Crippen LogP contribution < -0.4 is 5.32 Å². The summed E-state index contributed by atoms with van der Waals surface area (Å²) in [5, 5.41) is 3.48. The molecule has 1 saturated carbocycles. The van der Waals surface area contributed by atoms with Crippen molar-refractivity contribution < 1.29 is 4.79 Å². The first-order valence-corrected chi connectivity index (χ1v) is 7.25. The lowest BCUT2D eigenvalue weighted by molar-refractivity contribution is -0.133. The van der Waals surface area contributed by atoms with E-state index in [0.717, 1.165) is 18.8 Å². The highest BCUT2D eigenvalue weighted by atomic mass is 16.2. The van der Waals surface area contributed by atoms with Gasteiger partial charge in [-0.15, -0.1) is 0 Å². The monoisotopic (exact) mass is 238 g/mol. The number of hydrogen-bond acceptors (Lipinski definition) is 2. The highest BCUT2D eigenvalue weighted by Gasteiger charge is 2.41. The van der Waals surface area contributed by atoms with Gasteiger partial charge in [-0.25, -0.2) is 0 Å². The Morgan fingerprint density at radius 3 is 2.65 bits per heavy atom. The number of amides is 1. The van der Waals surface area contributed by atoms with Gasteiger partial charge >= 0.3 is 0 Å². The zero-order chi connectivity index (χ0) is 12.4. The molecule has 2 aliphatic rings. The first kappa shape index (κ1) is 12.9. The van der Waals surface area contributed by atoms with Gasteiger partial charge in [-0.3, -0.25) is 10.1 Å². The molecule has 4 atom stereocenters. The van der Waals surface area contributed by atoms with E-state index >= 15 is 0 Å². The van der Waals surface area contributed by atoms with Crippen molar-refractivity contribution in [1.29, 1.82) is 0 Å². The molecule has 1 saturated heterocycles. The van der Waals surface area contributed by atoms with Gasteiger partial charge in [0.25, 0.3) is 0 Å². The molecule has 2 fully saturated rings. The number of nitrogens with zero attached hydrogens (tertiary/aromatic N) is 1. The molecule has 0 spiro atoms. The second-order valence-corrected chi connectivity index (χ2v) is 5.72. The topological polar surface area (TPSA) is 32.3 Å². The Morgan fingerprint density at radius 2 is 2.06 bits per heavy atom. The summed E-state index contributed by atoms with van der Waals surface area (Å²) >= 11 is 0. The van der Waals surface area contributed by atoms with Gasteiger partial charge in [0, 0.05) is 6.04 Å². The van der Waals surface area contributed by atoms with Gasteiger partial charge in [0.1, 0.15) is 0 Å². The van der Waals surface area contributed by atoms with Crippen LogP contribution >= 0.6 is 0 Å². The lowest BCUT2D eigenvalue weighted by Crippen LogP contribution is -2.46. The van der Waals surface area contributed by atoms with Crippen molar-refractivity contribution in [3.63, 3.8) is 0 Å². The Kier molecular flexibility index (Phi) is 4.08. The molecule has 1 aliphatic heterocycles. The molecule has 3 nitrogen and oxygen atoms in total. The minimum atomic E-state index is 0.0668. The van der Waals surface area contributed by atoms with Crippen LogP contribution in [-0.2, 0) is 4.79 Å². The molecule has 1 aliphatic carbocycles. The molecular formula is C14H26N2O.